The van der Waals surface area contributed by atoms with Crippen LogP contribution in [0.5, 0.6) is 5.75 Å². The van der Waals surface area contributed by atoms with E-state index in [4.69, 9.17) is 23.7 Å². The van der Waals surface area contributed by atoms with E-state index in [0.29, 0.717) is 5.56 Å². The molecule has 5 rings (SSSR count). The highest BCUT2D eigenvalue weighted by molar-refractivity contribution is 5.92. The molecule has 6 N–H and O–H groups in total. The number of aliphatic hydroxyl groups excluding tert-OH is 4. The fraction of sp³-hybridized carbons (Fsp3) is 0.619. The van der Waals surface area contributed by atoms with Gasteiger partial charge < -0.3 is 54.3 Å². The van der Waals surface area contributed by atoms with Gasteiger partial charge in [-0.3, -0.25) is 4.79 Å². The van der Waals surface area contributed by atoms with Crippen LogP contribution in [0.2, 0.25) is 0 Å². The van der Waals surface area contributed by atoms with Crippen LogP contribution in [0.4, 0.5) is 0 Å². The number of esters is 2. The Morgan fingerprint density at radius 2 is 1.76 bits per heavy atom. The molecular formula is C21H24O13. The van der Waals surface area contributed by atoms with Crippen molar-refractivity contribution in [1.82, 2.24) is 0 Å². The molecule has 4 aliphatic heterocycles. The topological polar surface area (TPSA) is 202 Å². The van der Waals surface area contributed by atoms with Gasteiger partial charge in [0.15, 0.2) is 12.4 Å². The lowest BCUT2D eigenvalue weighted by Crippen LogP contribution is -2.61. The molecular weight excluding hydrogens is 460 g/mol. The number of carbonyl (C=O) groups excluding carboxylic acids is 2. The fourth-order valence-corrected chi connectivity index (χ4v) is 5.09. The van der Waals surface area contributed by atoms with Crippen molar-refractivity contribution in [2.45, 2.75) is 66.6 Å². The van der Waals surface area contributed by atoms with Crippen molar-refractivity contribution in [2.24, 2.45) is 0 Å². The van der Waals surface area contributed by atoms with Gasteiger partial charge in [-0.2, -0.15) is 0 Å². The summed E-state index contributed by atoms with van der Waals surface area (Å²) in [5, 5.41) is 60.6. The maximum absolute atomic E-state index is 13.1. The maximum Gasteiger partial charge on any atom is 0.357 e. The third-order valence-corrected chi connectivity index (χ3v) is 6.85. The van der Waals surface area contributed by atoms with Crippen LogP contribution in [0.3, 0.4) is 0 Å². The third kappa shape index (κ3) is 3.17. The van der Waals surface area contributed by atoms with Gasteiger partial charge in [-0.25, -0.2) is 4.79 Å². The number of aliphatic hydroxyl groups is 5. The summed E-state index contributed by atoms with van der Waals surface area (Å²) in [5.74, 6) is -5.35. The average molecular weight is 484 g/mol. The molecule has 0 aliphatic carbocycles. The molecule has 4 fully saturated rings. The molecule has 10 atom stereocenters. The van der Waals surface area contributed by atoms with Gasteiger partial charge in [0, 0.05) is 0 Å². The molecule has 4 saturated heterocycles. The van der Waals surface area contributed by atoms with Crippen molar-refractivity contribution in [3.63, 3.8) is 0 Å². The van der Waals surface area contributed by atoms with Crippen LogP contribution in [-0.4, -0.2) is 110 Å². The Morgan fingerprint density at radius 3 is 2.44 bits per heavy atom. The lowest BCUT2D eigenvalue weighted by atomic mass is 9.76. The number of aromatic hydroxyl groups is 1. The molecule has 13 heteroatoms. The molecule has 13 nitrogen and oxygen atoms in total. The normalized spacial score (nSPS) is 45.9. The van der Waals surface area contributed by atoms with Gasteiger partial charge in [0.05, 0.1) is 25.6 Å². The summed E-state index contributed by atoms with van der Waals surface area (Å²) in [5.41, 5.74) is -1.84. The molecule has 4 aliphatic rings. The Bertz CT molecular complexity index is 966. The molecule has 0 saturated carbocycles. The fourth-order valence-electron chi connectivity index (χ4n) is 5.09. The molecule has 4 heterocycles. The van der Waals surface area contributed by atoms with Crippen molar-refractivity contribution in [1.29, 1.82) is 0 Å². The second kappa shape index (κ2) is 8.10. The van der Waals surface area contributed by atoms with Gasteiger partial charge in [-0.15, -0.1) is 0 Å². The minimum Gasteiger partial charge on any atom is -0.508 e. The number of hydrogen-bond acceptors (Lipinski definition) is 13. The maximum atomic E-state index is 13.1. The molecule has 10 unspecified atom stereocenters. The van der Waals surface area contributed by atoms with E-state index in [1.165, 1.54) is 24.3 Å². The molecule has 1 aromatic carbocycles. The summed E-state index contributed by atoms with van der Waals surface area (Å²) < 4.78 is 27.2. The first-order valence-corrected chi connectivity index (χ1v) is 10.7. The summed E-state index contributed by atoms with van der Waals surface area (Å²) in [6.45, 7) is -1.05. The Morgan fingerprint density at radius 1 is 1.06 bits per heavy atom. The Hall–Kier alpha value is -2.36. The molecule has 0 radical (unpaired) electrons. The first kappa shape index (κ1) is 23.4. The minimum absolute atomic E-state index is 0.0428. The van der Waals surface area contributed by atoms with Crippen LogP contribution in [0.1, 0.15) is 17.9 Å². The first-order chi connectivity index (χ1) is 16.1. The standard InChI is InChI=1S/C21H24O13/c22-6-11-14(25)15(26)16(27)18(31-11)32-12-7-30-21(29)17(12)33-19(28)20(21)10(5-13(24)34-20)8-1-3-9(23)4-2-8/h1-4,10-12,14-18,22-23,25-27,29H,5-7H2. The number of phenolic OH excluding ortho intramolecular Hbond substituents is 1. The number of hydrogen-bond donors (Lipinski definition) is 6. The van der Waals surface area contributed by atoms with E-state index in [0.717, 1.165) is 0 Å². The van der Waals surface area contributed by atoms with Gasteiger partial charge >= 0.3 is 11.9 Å². The highest BCUT2D eigenvalue weighted by atomic mass is 16.8. The van der Waals surface area contributed by atoms with Crippen molar-refractivity contribution < 1.29 is 63.9 Å². The number of phenols is 1. The zero-order valence-electron chi connectivity index (χ0n) is 17.6. The number of rotatable bonds is 4. The Kier molecular flexibility index (Phi) is 5.57. The Balaban J connectivity index is 1.43. The number of benzene rings is 1. The largest absolute Gasteiger partial charge is 0.508 e. The average Bonchev–Trinajstić information content (AvgIpc) is 3.40. The molecule has 0 bridgehead atoms. The number of ether oxygens (including phenoxy) is 5. The predicted octanol–water partition coefficient (Wildman–Crippen LogP) is -3.01. The van der Waals surface area contributed by atoms with Crippen LogP contribution in [0, 0.1) is 0 Å². The number of carbonyl (C=O) groups is 2. The highest BCUT2D eigenvalue weighted by Crippen LogP contribution is 2.56. The smallest absolute Gasteiger partial charge is 0.357 e. The van der Waals surface area contributed by atoms with Crippen molar-refractivity contribution >= 4 is 11.9 Å². The lowest BCUT2D eigenvalue weighted by molar-refractivity contribution is -0.315. The quantitative estimate of drug-likeness (QED) is 0.236. The van der Waals surface area contributed by atoms with Crippen LogP contribution in [-0.2, 0) is 33.3 Å². The number of fused-ring (bicyclic) bond motifs is 2. The van der Waals surface area contributed by atoms with Gasteiger partial charge in [-0.05, 0) is 17.7 Å². The van der Waals surface area contributed by atoms with Gasteiger partial charge in [-0.1, -0.05) is 12.1 Å². The monoisotopic (exact) mass is 484 g/mol. The predicted molar refractivity (Wildman–Crippen MR) is 104 cm³/mol. The zero-order chi connectivity index (χ0) is 24.4. The van der Waals surface area contributed by atoms with Crippen LogP contribution < -0.4 is 0 Å². The molecule has 0 amide bonds. The summed E-state index contributed by atoms with van der Waals surface area (Å²) in [6, 6.07) is 5.66. The lowest BCUT2D eigenvalue weighted by Gasteiger charge is -2.40. The van der Waals surface area contributed by atoms with Gasteiger partial charge in [0.25, 0.3) is 11.4 Å². The van der Waals surface area contributed by atoms with Gasteiger partial charge in [0.1, 0.15) is 36.3 Å². The van der Waals surface area contributed by atoms with E-state index >= 15 is 0 Å². The van der Waals surface area contributed by atoms with Crippen molar-refractivity contribution in [3.8, 4) is 5.75 Å². The van der Waals surface area contributed by atoms with Gasteiger partial charge in [0.2, 0.25) is 0 Å². The third-order valence-electron chi connectivity index (χ3n) is 6.85. The second-order valence-electron chi connectivity index (χ2n) is 8.76. The molecule has 34 heavy (non-hydrogen) atoms. The second-order valence-corrected chi connectivity index (χ2v) is 8.76. The van der Waals surface area contributed by atoms with E-state index in [1.54, 1.807) is 0 Å². The molecule has 0 aromatic heterocycles. The van der Waals surface area contributed by atoms with E-state index < -0.39 is 78.8 Å². The van der Waals surface area contributed by atoms with Crippen molar-refractivity contribution in [3.05, 3.63) is 29.8 Å². The first-order valence-electron chi connectivity index (χ1n) is 10.7. The summed E-state index contributed by atoms with van der Waals surface area (Å²) in [4.78, 5) is 25.4. The van der Waals surface area contributed by atoms with Crippen LogP contribution in [0.15, 0.2) is 24.3 Å². The summed E-state index contributed by atoms with van der Waals surface area (Å²) >= 11 is 0. The zero-order valence-corrected chi connectivity index (χ0v) is 17.6. The SMILES string of the molecule is O=C1CC(c2ccc(O)cc2)C2(O1)C(=O)OC1C(OC3OC(CO)C(O)C(O)C3O)COC12O. The van der Waals surface area contributed by atoms with Crippen LogP contribution in [0.25, 0.3) is 0 Å². The van der Waals surface area contributed by atoms with E-state index in [9.17, 15) is 40.2 Å². The Labute approximate surface area is 192 Å². The van der Waals surface area contributed by atoms with Crippen LogP contribution >= 0.6 is 0 Å². The highest BCUT2D eigenvalue weighted by Gasteiger charge is 2.81. The molecule has 1 spiro atoms. The molecule has 186 valence electrons. The molecule has 1 aromatic rings. The summed E-state index contributed by atoms with van der Waals surface area (Å²) in [7, 11) is 0. The van der Waals surface area contributed by atoms with E-state index in [1.807, 2.05) is 0 Å². The van der Waals surface area contributed by atoms with E-state index in [-0.39, 0.29) is 18.8 Å². The minimum atomic E-state index is -2.46. The summed E-state index contributed by atoms with van der Waals surface area (Å²) in [6.07, 6.45) is -10.8. The van der Waals surface area contributed by atoms with E-state index in [2.05, 4.69) is 0 Å². The van der Waals surface area contributed by atoms with Crippen molar-refractivity contribution in [2.75, 3.05) is 13.2 Å².